The number of nitrogens with one attached hydrogen (secondary N) is 1. The first kappa shape index (κ1) is 10.6. The number of nitrogens with two attached hydrogens (primary N) is 1. The number of anilines is 2. The van der Waals surface area contributed by atoms with E-state index in [0.717, 1.165) is 12.5 Å². The van der Waals surface area contributed by atoms with E-state index in [9.17, 15) is 0 Å². The van der Waals surface area contributed by atoms with Crippen LogP contribution < -0.4 is 11.1 Å². The number of nitrogens with zero attached hydrogens (tertiary/aromatic N) is 1. The zero-order chi connectivity index (χ0) is 10.8. The first-order chi connectivity index (χ1) is 7.16. The second kappa shape index (κ2) is 4.27. The van der Waals surface area contributed by atoms with Crippen LogP contribution in [0.5, 0.6) is 0 Å². The number of aromatic nitrogens is 1. The molecule has 1 fully saturated rings. The van der Waals surface area contributed by atoms with Crippen molar-refractivity contribution in [2.24, 2.45) is 11.8 Å². The lowest BCUT2D eigenvalue weighted by Crippen LogP contribution is -2.14. The van der Waals surface area contributed by atoms with Crippen molar-refractivity contribution >= 4 is 23.1 Å². The minimum atomic E-state index is 0.478. The van der Waals surface area contributed by atoms with E-state index in [1.54, 1.807) is 12.1 Å². The highest BCUT2D eigenvalue weighted by Crippen LogP contribution is 2.36. The minimum absolute atomic E-state index is 0.478. The van der Waals surface area contributed by atoms with Crippen LogP contribution in [0, 0.1) is 11.8 Å². The van der Waals surface area contributed by atoms with Crippen molar-refractivity contribution in [3.05, 3.63) is 17.3 Å². The van der Waals surface area contributed by atoms with Gasteiger partial charge in [0.05, 0.1) is 5.69 Å². The summed E-state index contributed by atoms with van der Waals surface area (Å²) >= 11 is 5.80. The van der Waals surface area contributed by atoms with Gasteiger partial charge in [0, 0.05) is 6.54 Å². The molecule has 1 aliphatic rings. The number of pyridine rings is 1. The third-order valence-corrected chi connectivity index (χ3v) is 3.12. The zero-order valence-electron chi connectivity index (χ0n) is 8.83. The van der Waals surface area contributed by atoms with Crippen molar-refractivity contribution in [1.29, 1.82) is 0 Å². The van der Waals surface area contributed by atoms with Crippen LogP contribution in [0.25, 0.3) is 0 Å². The predicted octanol–water partition coefficient (Wildman–Crippen LogP) is 2.78. The average Bonchev–Trinajstić information content (AvgIpc) is 3.02. The summed E-state index contributed by atoms with van der Waals surface area (Å²) in [5, 5.41) is 3.73. The van der Waals surface area contributed by atoms with Gasteiger partial charge >= 0.3 is 0 Å². The predicted molar refractivity (Wildman–Crippen MR) is 64.0 cm³/mol. The normalized spacial score (nSPS) is 17.5. The fourth-order valence-electron chi connectivity index (χ4n) is 1.68. The lowest BCUT2D eigenvalue weighted by molar-refractivity contribution is 0.536. The molecular weight excluding hydrogens is 210 g/mol. The van der Waals surface area contributed by atoms with Gasteiger partial charge in [-0.1, -0.05) is 18.5 Å². The van der Waals surface area contributed by atoms with Crippen LogP contribution in [0.1, 0.15) is 19.8 Å². The molecule has 0 aliphatic heterocycles. The van der Waals surface area contributed by atoms with E-state index in [1.165, 1.54) is 12.8 Å². The maximum absolute atomic E-state index is 5.80. The zero-order valence-corrected chi connectivity index (χ0v) is 9.59. The standard InChI is InChI=1S/C11H16ClN3/c1-7(8-2-3-8)6-14-11-9(13)4-5-10(12)15-11/h4-5,7-8H,2-3,6,13H2,1H3,(H,14,15). The largest absolute Gasteiger partial charge is 0.396 e. The van der Waals surface area contributed by atoms with Crippen molar-refractivity contribution in [1.82, 2.24) is 4.98 Å². The Morgan fingerprint density at radius 2 is 2.33 bits per heavy atom. The maximum atomic E-state index is 5.80. The first-order valence-electron chi connectivity index (χ1n) is 5.32. The van der Waals surface area contributed by atoms with Gasteiger partial charge < -0.3 is 11.1 Å². The summed E-state index contributed by atoms with van der Waals surface area (Å²) in [5.74, 6) is 2.28. The van der Waals surface area contributed by atoms with Gasteiger partial charge in [0.2, 0.25) is 0 Å². The molecule has 0 amide bonds. The van der Waals surface area contributed by atoms with Crippen LogP contribution in [0.2, 0.25) is 5.15 Å². The summed E-state index contributed by atoms with van der Waals surface area (Å²) in [6.07, 6.45) is 2.72. The van der Waals surface area contributed by atoms with E-state index < -0.39 is 0 Å². The quantitative estimate of drug-likeness (QED) is 0.775. The fraction of sp³-hybridized carbons (Fsp3) is 0.545. The van der Waals surface area contributed by atoms with E-state index in [4.69, 9.17) is 17.3 Å². The van der Waals surface area contributed by atoms with Gasteiger partial charge in [-0.15, -0.1) is 0 Å². The molecule has 1 saturated carbocycles. The highest BCUT2D eigenvalue weighted by atomic mass is 35.5. The van der Waals surface area contributed by atoms with Crippen molar-refractivity contribution in [3.8, 4) is 0 Å². The Bertz CT molecular complexity index is 350. The van der Waals surface area contributed by atoms with Crippen molar-refractivity contribution in [3.63, 3.8) is 0 Å². The second-order valence-corrected chi connectivity index (χ2v) is 4.65. The minimum Gasteiger partial charge on any atom is -0.396 e. The first-order valence-corrected chi connectivity index (χ1v) is 5.70. The fourth-order valence-corrected chi connectivity index (χ4v) is 1.82. The van der Waals surface area contributed by atoms with Crippen molar-refractivity contribution < 1.29 is 0 Å². The molecule has 1 heterocycles. The third-order valence-electron chi connectivity index (χ3n) is 2.91. The van der Waals surface area contributed by atoms with Crippen LogP contribution >= 0.6 is 11.6 Å². The van der Waals surface area contributed by atoms with Gasteiger partial charge in [0.15, 0.2) is 5.82 Å². The summed E-state index contributed by atoms with van der Waals surface area (Å²) in [4.78, 5) is 4.15. The van der Waals surface area contributed by atoms with Gasteiger partial charge in [-0.25, -0.2) is 4.98 Å². The Morgan fingerprint density at radius 3 is 3.00 bits per heavy atom. The number of hydrogen-bond acceptors (Lipinski definition) is 3. The van der Waals surface area contributed by atoms with Crippen molar-refractivity contribution in [2.45, 2.75) is 19.8 Å². The smallest absolute Gasteiger partial charge is 0.150 e. The van der Waals surface area contributed by atoms with Crippen LogP contribution in [0.3, 0.4) is 0 Å². The average molecular weight is 226 g/mol. The Kier molecular flexibility index (Phi) is 3.00. The number of halogens is 1. The molecule has 15 heavy (non-hydrogen) atoms. The second-order valence-electron chi connectivity index (χ2n) is 4.27. The Labute approximate surface area is 95.0 Å². The number of nitrogen functional groups attached to an aromatic ring is 1. The Morgan fingerprint density at radius 1 is 1.60 bits per heavy atom. The monoisotopic (exact) mass is 225 g/mol. The molecule has 0 spiro atoms. The number of hydrogen-bond donors (Lipinski definition) is 2. The van der Waals surface area contributed by atoms with Crippen LogP contribution in [0.4, 0.5) is 11.5 Å². The summed E-state index contributed by atoms with van der Waals surface area (Å²) in [5.41, 5.74) is 6.44. The molecule has 1 atom stereocenters. The van der Waals surface area contributed by atoms with Gasteiger partial charge in [0.1, 0.15) is 5.15 Å². The van der Waals surface area contributed by atoms with Crippen LogP contribution in [0.15, 0.2) is 12.1 Å². The Balaban J connectivity index is 1.94. The summed E-state index contributed by atoms with van der Waals surface area (Å²) in [6, 6.07) is 3.48. The molecule has 1 aromatic heterocycles. The van der Waals surface area contributed by atoms with Crippen LogP contribution in [-0.4, -0.2) is 11.5 Å². The molecule has 0 bridgehead atoms. The van der Waals surface area contributed by atoms with E-state index in [1.807, 2.05) is 0 Å². The van der Waals surface area contributed by atoms with E-state index in [2.05, 4.69) is 17.2 Å². The molecular formula is C11H16ClN3. The molecule has 4 heteroatoms. The van der Waals surface area contributed by atoms with E-state index in [0.29, 0.717) is 22.6 Å². The van der Waals surface area contributed by atoms with Gasteiger partial charge in [-0.2, -0.15) is 0 Å². The molecule has 0 radical (unpaired) electrons. The summed E-state index contributed by atoms with van der Waals surface area (Å²) < 4.78 is 0. The molecule has 2 rings (SSSR count). The lowest BCUT2D eigenvalue weighted by atomic mass is 10.1. The maximum Gasteiger partial charge on any atom is 0.150 e. The topological polar surface area (TPSA) is 50.9 Å². The highest BCUT2D eigenvalue weighted by Gasteiger charge is 2.27. The van der Waals surface area contributed by atoms with Gasteiger partial charge in [-0.3, -0.25) is 0 Å². The Hall–Kier alpha value is -0.960. The lowest BCUT2D eigenvalue weighted by Gasteiger charge is -2.13. The molecule has 1 unspecified atom stereocenters. The molecule has 3 nitrogen and oxygen atoms in total. The number of rotatable bonds is 4. The molecule has 0 aromatic carbocycles. The van der Waals surface area contributed by atoms with E-state index in [-0.39, 0.29) is 0 Å². The third kappa shape index (κ3) is 2.75. The molecule has 3 N–H and O–H groups in total. The SMILES string of the molecule is CC(CNc1nc(Cl)ccc1N)C1CC1. The van der Waals surface area contributed by atoms with Crippen LogP contribution in [-0.2, 0) is 0 Å². The molecule has 82 valence electrons. The summed E-state index contributed by atoms with van der Waals surface area (Å²) in [6.45, 7) is 3.17. The molecule has 0 saturated heterocycles. The van der Waals surface area contributed by atoms with Gasteiger partial charge in [0.25, 0.3) is 0 Å². The van der Waals surface area contributed by atoms with Gasteiger partial charge in [-0.05, 0) is 36.8 Å². The molecule has 1 aromatic rings. The van der Waals surface area contributed by atoms with Crippen molar-refractivity contribution in [2.75, 3.05) is 17.6 Å². The summed E-state index contributed by atoms with van der Waals surface area (Å²) in [7, 11) is 0. The highest BCUT2D eigenvalue weighted by molar-refractivity contribution is 6.29. The molecule has 1 aliphatic carbocycles. The van der Waals surface area contributed by atoms with E-state index >= 15 is 0 Å².